The Kier molecular flexibility index (Phi) is 5.60. The van der Waals surface area contributed by atoms with Crippen molar-refractivity contribution >= 4 is 23.8 Å². The summed E-state index contributed by atoms with van der Waals surface area (Å²) in [6.45, 7) is 4.46. The fourth-order valence-electron chi connectivity index (χ4n) is 1.45. The number of carbonyl (C=O) groups excluding carboxylic acids is 1. The maximum absolute atomic E-state index is 11.6. The molecule has 19 heavy (non-hydrogen) atoms. The van der Waals surface area contributed by atoms with Crippen LogP contribution in [0.2, 0.25) is 0 Å². The summed E-state index contributed by atoms with van der Waals surface area (Å²) in [5.74, 6) is -1.00. The Balaban J connectivity index is 2.79. The topological polar surface area (TPSA) is 78.4 Å². The molecule has 102 valence electrons. The first kappa shape index (κ1) is 14.8. The van der Waals surface area contributed by atoms with Gasteiger partial charge in [0.25, 0.3) is 0 Å². The van der Waals surface area contributed by atoms with Gasteiger partial charge in [-0.25, -0.2) is 9.59 Å². The smallest absolute Gasteiger partial charge is 0.328 e. The van der Waals surface area contributed by atoms with E-state index >= 15 is 0 Å². The van der Waals surface area contributed by atoms with Crippen molar-refractivity contribution in [3.63, 3.8) is 0 Å². The number of hydrogen-bond donors (Lipinski definition) is 3. The first-order valence-electron chi connectivity index (χ1n) is 6.09. The van der Waals surface area contributed by atoms with Crippen LogP contribution in [0.3, 0.4) is 0 Å². The van der Waals surface area contributed by atoms with Gasteiger partial charge in [0.15, 0.2) is 0 Å². The minimum Gasteiger partial charge on any atom is -0.478 e. The van der Waals surface area contributed by atoms with Crippen LogP contribution in [0.5, 0.6) is 0 Å². The van der Waals surface area contributed by atoms with Crippen molar-refractivity contribution in [2.24, 2.45) is 0 Å². The Labute approximate surface area is 112 Å². The number of benzene rings is 1. The molecular formula is C14H18N2O3. The van der Waals surface area contributed by atoms with E-state index in [-0.39, 0.29) is 6.03 Å². The minimum absolute atomic E-state index is 0.260. The number of carbonyl (C=O) groups is 2. The lowest BCUT2D eigenvalue weighted by Gasteiger charge is -2.10. The average molecular weight is 262 g/mol. The largest absolute Gasteiger partial charge is 0.478 e. The second kappa shape index (κ2) is 7.20. The second-order valence-electron chi connectivity index (χ2n) is 4.13. The molecule has 0 atom stereocenters. The molecule has 5 heteroatoms. The Bertz CT molecular complexity index is 495. The van der Waals surface area contributed by atoms with Gasteiger partial charge in [-0.05, 0) is 36.6 Å². The van der Waals surface area contributed by atoms with Gasteiger partial charge in [-0.3, -0.25) is 0 Å². The molecule has 5 nitrogen and oxygen atoms in total. The molecule has 0 saturated carbocycles. The van der Waals surface area contributed by atoms with E-state index in [4.69, 9.17) is 5.11 Å². The number of aliphatic carboxylic acids is 1. The molecule has 0 saturated heterocycles. The third kappa shape index (κ3) is 5.25. The number of urea groups is 1. The van der Waals surface area contributed by atoms with Gasteiger partial charge < -0.3 is 15.7 Å². The summed E-state index contributed by atoms with van der Waals surface area (Å²) in [4.78, 5) is 22.0. The molecule has 1 aromatic rings. The molecule has 0 aliphatic rings. The highest BCUT2D eigenvalue weighted by Gasteiger charge is 2.04. The fourth-order valence-corrected chi connectivity index (χ4v) is 1.45. The molecule has 0 aliphatic heterocycles. The van der Waals surface area contributed by atoms with Crippen LogP contribution in [0.4, 0.5) is 10.5 Å². The quantitative estimate of drug-likeness (QED) is 0.714. The van der Waals surface area contributed by atoms with Crippen LogP contribution < -0.4 is 10.6 Å². The Morgan fingerprint density at radius 2 is 2.11 bits per heavy atom. The monoisotopic (exact) mass is 262 g/mol. The highest BCUT2D eigenvalue weighted by atomic mass is 16.4. The molecule has 1 rings (SSSR count). The molecule has 3 N–H and O–H groups in total. The van der Waals surface area contributed by atoms with Crippen molar-refractivity contribution in [1.29, 1.82) is 0 Å². The molecule has 1 aromatic carbocycles. The summed E-state index contributed by atoms with van der Waals surface area (Å²) in [5, 5.41) is 14.0. The summed E-state index contributed by atoms with van der Waals surface area (Å²) >= 11 is 0. The van der Waals surface area contributed by atoms with E-state index in [1.54, 1.807) is 12.1 Å². The van der Waals surface area contributed by atoms with Gasteiger partial charge in [-0.1, -0.05) is 19.1 Å². The molecule has 0 heterocycles. The number of carboxylic acids is 1. The Morgan fingerprint density at radius 1 is 1.37 bits per heavy atom. The van der Waals surface area contributed by atoms with E-state index in [0.29, 0.717) is 12.2 Å². The van der Waals surface area contributed by atoms with E-state index in [2.05, 4.69) is 10.6 Å². The number of anilines is 1. The standard InChI is InChI=1S/C14H18N2O3/c1-3-8-15-14(19)16-12-9-11(5-4-10(12)2)6-7-13(17)18/h4-7,9H,3,8H2,1-2H3,(H,17,18)(H2,15,16,19). The number of aryl methyl sites for hydroxylation is 1. The van der Waals surface area contributed by atoms with Gasteiger partial charge in [-0.15, -0.1) is 0 Å². The predicted octanol–water partition coefficient (Wildman–Crippen LogP) is 2.62. The molecule has 0 radical (unpaired) electrons. The van der Waals surface area contributed by atoms with Crippen molar-refractivity contribution in [1.82, 2.24) is 5.32 Å². The van der Waals surface area contributed by atoms with E-state index in [0.717, 1.165) is 23.6 Å². The van der Waals surface area contributed by atoms with Gasteiger partial charge in [-0.2, -0.15) is 0 Å². The van der Waals surface area contributed by atoms with Crippen LogP contribution in [-0.4, -0.2) is 23.7 Å². The first-order chi connectivity index (χ1) is 9.02. The lowest BCUT2D eigenvalue weighted by Crippen LogP contribution is -2.29. The van der Waals surface area contributed by atoms with Crippen LogP contribution in [0.1, 0.15) is 24.5 Å². The maximum atomic E-state index is 11.6. The zero-order valence-corrected chi connectivity index (χ0v) is 11.1. The molecule has 0 fully saturated rings. The van der Waals surface area contributed by atoms with Crippen LogP contribution in [0.25, 0.3) is 6.08 Å². The van der Waals surface area contributed by atoms with Gasteiger partial charge in [0.1, 0.15) is 0 Å². The molecule has 0 bridgehead atoms. The van der Waals surface area contributed by atoms with Crippen LogP contribution in [0, 0.1) is 6.92 Å². The number of carboxylic acid groups (broad SMARTS) is 1. The zero-order chi connectivity index (χ0) is 14.3. The predicted molar refractivity (Wildman–Crippen MR) is 75.2 cm³/mol. The normalized spacial score (nSPS) is 10.4. The van der Waals surface area contributed by atoms with Crippen LogP contribution in [-0.2, 0) is 4.79 Å². The van der Waals surface area contributed by atoms with Crippen LogP contribution in [0.15, 0.2) is 24.3 Å². The van der Waals surface area contributed by atoms with Gasteiger partial charge in [0.05, 0.1) is 0 Å². The third-order valence-electron chi connectivity index (χ3n) is 2.46. The number of nitrogens with one attached hydrogen (secondary N) is 2. The number of hydrogen-bond acceptors (Lipinski definition) is 2. The molecular weight excluding hydrogens is 244 g/mol. The SMILES string of the molecule is CCCNC(=O)Nc1cc(C=CC(=O)O)ccc1C. The summed E-state index contributed by atoms with van der Waals surface area (Å²) in [5.41, 5.74) is 2.30. The van der Waals surface area contributed by atoms with E-state index in [9.17, 15) is 9.59 Å². The first-order valence-corrected chi connectivity index (χ1v) is 6.09. The van der Waals surface area contributed by atoms with Crippen molar-refractivity contribution in [2.45, 2.75) is 20.3 Å². The highest BCUT2D eigenvalue weighted by Crippen LogP contribution is 2.17. The van der Waals surface area contributed by atoms with Crippen molar-refractivity contribution in [2.75, 3.05) is 11.9 Å². The van der Waals surface area contributed by atoms with Gasteiger partial charge in [0, 0.05) is 18.3 Å². The number of amides is 2. The average Bonchev–Trinajstić information content (AvgIpc) is 2.37. The second-order valence-corrected chi connectivity index (χ2v) is 4.13. The molecule has 2 amide bonds. The van der Waals surface area contributed by atoms with E-state index in [1.165, 1.54) is 6.08 Å². The van der Waals surface area contributed by atoms with Crippen molar-refractivity contribution < 1.29 is 14.7 Å². The summed E-state index contributed by atoms with van der Waals surface area (Å²) in [6.07, 6.45) is 3.41. The van der Waals surface area contributed by atoms with Gasteiger partial charge in [0.2, 0.25) is 0 Å². The molecule has 0 aromatic heterocycles. The van der Waals surface area contributed by atoms with Crippen LogP contribution >= 0.6 is 0 Å². The van der Waals surface area contributed by atoms with Crippen molar-refractivity contribution in [3.8, 4) is 0 Å². The molecule has 0 aliphatic carbocycles. The molecule has 0 unspecified atom stereocenters. The van der Waals surface area contributed by atoms with Crippen molar-refractivity contribution in [3.05, 3.63) is 35.4 Å². The van der Waals surface area contributed by atoms with E-state index in [1.807, 2.05) is 19.9 Å². The lowest BCUT2D eigenvalue weighted by atomic mass is 10.1. The number of rotatable bonds is 5. The summed E-state index contributed by atoms with van der Waals surface area (Å²) < 4.78 is 0. The molecule has 0 spiro atoms. The lowest BCUT2D eigenvalue weighted by molar-refractivity contribution is -0.131. The Hall–Kier alpha value is -2.30. The van der Waals surface area contributed by atoms with E-state index < -0.39 is 5.97 Å². The summed E-state index contributed by atoms with van der Waals surface area (Å²) in [6, 6.07) is 5.10. The third-order valence-corrected chi connectivity index (χ3v) is 2.46. The minimum atomic E-state index is -1.00. The van der Waals surface area contributed by atoms with Gasteiger partial charge >= 0.3 is 12.0 Å². The zero-order valence-electron chi connectivity index (χ0n) is 11.1. The summed E-state index contributed by atoms with van der Waals surface area (Å²) in [7, 11) is 0. The Morgan fingerprint density at radius 3 is 2.74 bits per heavy atom. The fraction of sp³-hybridized carbons (Fsp3) is 0.286. The maximum Gasteiger partial charge on any atom is 0.328 e. The highest BCUT2D eigenvalue weighted by molar-refractivity contribution is 5.91.